The van der Waals surface area contributed by atoms with Gasteiger partial charge in [0.1, 0.15) is 11.3 Å². The number of aryl methyl sites for hydroxylation is 1. The monoisotopic (exact) mass is 320 g/mol. The molecule has 6 heteroatoms. The Labute approximate surface area is 135 Å². The highest BCUT2D eigenvalue weighted by molar-refractivity contribution is 6.30. The van der Waals surface area contributed by atoms with E-state index in [1.54, 1.807) is 29.7 Å². The predicted octanol–water partition coefficient (Wildman–Crippen LogP) is 3.98. The zero-order valence-electron chi connectivity index (χ0n) is 13.2. The van der Waals surface area contributed by atoms with Gasteiger partial charge in [-0.05, 0) is 31.9 Å². The van der Waals surface area contributed by atoms with Gasteiger partial charge in [-0.1, -0.05) is 38.3 Å². The molecule has 0 atom stereocenters. The zero-order valence-corrected chi connectivity index (χ0v) is 13.9. The van der Waals surface area contributed by atoms with Gasteiger partial charge in [-0.2, -0.15) is 5.10 Å². The average Bonchev–Trinajstić information content (AvgIpc) is 2.80. The van der Waals surface area contributed by atoms with Crippen molar-refractivity contribution in [3.8, 4) is 0 Å². The van der Waals surface area contributed by atoms with Gasteiger partial charge < -0.3 is 0 Å². The van der Waals surface area contributed by atoms with E-state index in [0.717, 1.165) is 31.4 Å². The van der Waals surface area contributed by atoms with E-state index < -0.39 is 0 Å². The first-order valence-corrected chi connectivity index (χ1v) is 7.94. The van der Waals surface area contributed by atoms with Crippen LogP contribution >= 0.6 is 11.6 Å². The van der Waals surface area contributed by atoms with Gasteiger partial charge in [-0.15, -0.1) is 0 Å². The lowest BCUT2D eigenvalue weighted by Crippen LogP contribution is -2.22. The molecule has 2 aromatic heterocycles. The molecule has 0 unspecified atom stereocenters. The molecule has 1 amide bonds. The molecule has 22 heavy (non-hydrogen) atoms. The van der Waals surface area contributed by atoms with Gasteiger partial charge in [-0.3, -0.25) is 9.20 Å². The van der Waals surface area contributed by atoms with Crippen LogP contribution < -0.4 is 5.43 Å². The average molecular weight is 321 g/mol. The minimum atomic E-state index is -0.267. The van der Waals surface area contributed by atoms with E-state index in [4.69, 9.17) is 11.6 Å². The molecule has 0 aliphatic heterocycles. The van der Waals surface area contributed by atoms with E-state index in [0.29, 0.717) is 22.1 Å². The van der Waals surface area contributed by atoms with Crippen LogP contribution in [0.1, 0.15) is 55.7 Å². The van der Waals surface area contributed by atoms with E-state index in [-0.39, 0.29) is 5.91 Å². The Morgan fingerprint density at radius 3 is 2.64 bits per heavy atom. The number of pyridine rings is 1. The van der Waals surface area contributed by atoms with Crippen LogP contribution in [0, 0.1) is 6.92 Å². The molecule has 0 bridgehead atoms. The second-order valence-corrected chi connectivity index (χ2v) is 5.68. The highest BCUT2D eigenvalue weighted by atomic mass is 35.5. The molecular weight excluding hydrogens is 300 g/mol. The number of halogens is 1. The van der Waals surface area contributed by atoms with Crippen LogP contribution in [0.4, 0.5) is 0 Å². The third-order valence-electron chi connectivity index (χ3n) is 3.36. The van der Waals surface area contributed by atoms with Crippen LogP contribution in [-0.4, -0.2) is 21.0 Å². The molecule has 0 aliphatic rings. The topological polar surface area (TPSA) is 58.8 Å². The summed E-state index contributed by atoms with van der Waals surface area (Å²) in [5.41, 5.74) is 5.48. The summed E-state index contributed by atoms with van der Waals surface area (Å²) in [6.45, 7) is 6.01. The van der Waals surface area contributed by atoms with Crippen LogP contribution in [0.2, 0.25) is 5.02 Å². The molecule has 0 saturated heterocycles. The molecule has 2 rings (SSSR count). The fraction of sp³-hybridized carbons (Fsp3) is 0.438. The van der Waals surface area contributed by atoms with Crippen LogP contribution in [0.3, 0.4) is 0 Å². The molecule has 0 aromatic carbocycles. The van der Waals surface area contributed by atoms with E-state index in [1.165, 1.54) is 0 Å². The zero-order chi connectivity index (χ0) is 16.1. The number of carbonyl (C=O) groups excluding carboxylic acids is 1. The number of hydrazone groups is 1. The summed E-state index contributed by atoms with van der Waals surface area (Å²) in [7, 11) is 0. The Bertz CT molecular complexity index is 697. The summed E-state index contributed by atoms with van der Waals surface area (Å²) in [5, 5.41) is 4.83. The van der Waals surface area contributed by atoms with Crippen LogP contribution in [0.5, 0.6) is 0 Å². The van der Waals surface area contributed by atoms with Crippen molar-refractivity contribution >= 4 is 28.9 Å². The second-order valence-electron chi connectivity index (χ2n) is 5.24. The standard InChI is InChI=1S/C16H21ClN4O/c1-4-6-13(7-5-2)19-20-16(22)15-11(3)18-14-9-8-12(17)10-21(14)15/h8-10H,4-7H2,1-3H3,(H,20,22). The predicted molar refractivity (Wildman–Crippen MR) is 89.7 cm³/mol. The van der Waals surface area contributed by atoms with Crippen molar-refractivity contribution in [2.45, 2.75) is 46.5 Å². The minimum Gasteiger partial charge on any atom is -0.294 e. The van der Waals surface area contributed by atoms with E-state index in [9.17, 15) is 4.79 Å². The first kappa shape index (κ1) is 16.5. The van der Waals surface area contributed by atoms with Gasteiger partial charge in [0.05, 0.1) is 10.7 Å². The summed E-state index contributed by atoms with van der Waals surface area (Å²) < 4.78 is 1.70. The summed E-state index contributed by atoms with van der Waals surface area (Å²) in [6.07, 6.45) is 5.50. The van der Waals surface area contributed by atoms with Crippen molar-refractivity contribution < 1.29 is 4.79 Å². The third-order valence-corrected chi connectivity index (χ3v) is 3.59. The van der Waals surface area contributed by atoms with Gasteiger partial charge in [-0.25, -0.2) is 10.4 Å². The Morgan fingerprint density at radius 1 is 1.32 bits per heavy atom. The lowest BCUT2D eigenvalue weighted by Gasteiger charge is -2.06. The van der Waals surface area contributed by atoms with Crippen molar-refractivity contribution in [1.82, 2.24) is 14.8 Å². The highest BCUT2D eigenvalue weighted by Crippen LogP contribution is 2.16. The molecule has 0 saturated carbocycles. The lowest BCUT2D eigenvalue weighted by molar-refractivity contribution is 0.0948. The van der Waals surface area contributed by atoms with Crippen molar-refractivity contribution in [3.05, 3.63) is 34.7 Å². The number of amides is 1. The number of carbonyl (C=O) groups is 1. The molecule has 0 fully saturated rings. The van der Waals surface area contributed by atoms with Crippen LogP contribution in [0.25, 0.3) is 5.65 Å². The third kappa shape index (κ3) is 3.65. The van der Waals surface area contributed by atoms with E-state index in [2.05, 4.69) is 29.4 Å². The van der Waals surface area contributed by atoms with Crippen molar-refractivity contribution in [2.75, 3.05) is 0 Å². The maximum Gasteiger partial charge on any atom is 0.290 e. The summed E-state index contributed by atoms with van der Waals surface area (Å²) in [4.78, 5) is 16.8. The summed E-state index contributed by atoms with van der Waals surface area (Å²) >= 11 is 6.01. The minimum absolute atomic E-state index is 0.267. The smallest absolute Gasteiger partial charge is 0.290 e. The quantitative estimate of drug-likeness (QED) is 0.646. The van der Waals surface area contributed by atoms with E-state index >= 15 is 0 Å². The number of nitrogens with zero attached hydrogens (tertiary/aromatic N) is 3. The molecule has 0 aliphatic carbocycles. The van der Waals surface area contributed by atoms with Crippen molar-refractivity contribution in [1.29, 1.82) is 0 Å². The first-order valence-electron chi connectivity index (χ1n) is 7.56. The summed E-state index contributed by atoms with van der Waals surface area (Å²) in [5.74, 6) is -0.267. The first-order chi connectivity index (χ1) is 10.6. The maximum absolute atomic E-state index is 12.4. The molecule has 1 N–H and O–H groups in total. The van der Waals surface area contributed by atoms with Gasteiger partial charge in [0.15, 0.2) is 0 Å². The molecule has 5 nitrogen and oxygen atoms in total. The largest absolute Gasteiger partial charge is 0.294 e. The SMILES string of the molecule is CCCC(CCC)=NNC(=O)c1c(C)nc2ccc(Cl)cn12. The molecule has 2 heterocycles. The van der Waals surface area contributed by atoms with Crippen LogP contribution in [-0.2, 0) is 0 Å². The molecular formula is C16H21ClN4O. The lowest BCUT2D eigenvalue weighted by atomic mass is 10.1. The highest BCUT2D eigenvalue weighted by Gasteiger charge is 2.16. The number of imidazole rings is 1. The molecule has 0 radical (unpaired) electrons. The normalized spacial score (nSPS) is 10.7. The molecule has 2 aromatic rings. The maximum atomic E-state index is 12.4. The van der Waals surface area contributed by atoms with Crippen molar-refractivity contribution in [2.24, 2.45) is 5.10 Å². The fourth-order valence-corrected chi connectivity index (χ4v) is 2.57. The van der Waals surface area contributed by atoms with Gasteiger partial charge >= 0.3 is 0 Å². The van der Waals surface area contributed by atoms with E-state index in [1.807, 2.05) is 0 Å². The number of hydrogen-bond acceptors (Lipinski definition) is 3. The van der Waals surface area contributed by atoms with Gasteiger partial charge in [0.25, 0.3) is 5.91 Å². The van der Waals surface area contributed by atoms with Crippen LogP contribution in [0.15, 0.2) is 23.4 Å². The van der Waals surface area contributed by atoms with Gasteiger partial charge in [0.2, 0.25) is 0 Å². The Balaban J connectivity index is 2.27. The Hall–Kier alpha value is -1.88. The number of fused-ring (bicyclic) bond motifs is 1. The summed E-state index contributed by atoms with van der Waals surface area (Å²) in [6, 6.07) is 3.54. The number of nitrogens with one attached hydrogen (secondary N) is 1. The number of rotatable bonds is 6. The fourth-order valence-electron chi connectivity index (χ4n) is 2.41. The van der Waals surface area contributed by atoms with Gasteiger partial charge in [0, 0.05) is 11.9 Å². The number of aromatic nitrogens is 2. The second kappa shape index (κ2) is 7.40. The number of hydrogen-bond donors (Lipinski definition) is 1. The van der Waals surface area contributed by atoms with Crippen molar-refractivity contribution in [3.63, 3.8) is 0 Å². The Morgan fingerprint density at radius 2 is 2.00 bits per heavy atom. The Kier molecular flexibility index (Phi) is 5.55. The molecule has 118 valence electrons. The molecule has 0 spiro atoms.